The van der Waals surface area contributed by atoms with Gasteiger partial charge >= 0.3 is 12.1 Å². The number of imidazole rings is 1. The van der Waals surface area contributed by atoms with Crippen molar-refractivity contribution in [1.29, 1.82) is 0 Å². The van der Waals surface area contributed by atoms with E-state index in [1.54, 1.807) is 6.92 Å². The Morgan fingerprint density at radius 2 is 2.20 bits per heavy atom. The van der Waals surface area contributed by atoms with E-state index in [4.69, 9.17) is 0 Å². The number of aromatic nitrogens is 2. The number of ether oxygens (including phenoxy) is 1. The lowest BCUT2D eigenvalue weighted by Crippen LogP contribution is -2.22. The maximum Gasteiger partial charge on any atom is 0.422 e. The van der Waals surface area contributed by atoms with Gasteiger partial charge in [0.05, 0.1) is 6.54 Å². The Morgan fingerprint density at radius 1 is 1.55 bits per heavy atom. The maximum atomic E-state index is 12.0. The third-order valence-corrected chi connectivity index (χ3v) is 2.64. The van der Waals surface area contributed by atoms with Crippen molar-refractivity contribution in [3.05, 3.63) is 16.1 Å². The van der Waals surface area contributed by atoms with Crippen LogP contribution in [0.15, 0.2) is 4.73 Å². The Balaban J connectivity index is 3.09. The first-order valence-corrected chi connectivity index (χ1v) is 5.94. The van der Waals surface area contributed by atoms with E-state index >= 15 is 0 Å². The first kappa shape index (κ1) is 16.2. The number of aldehydes is 1. The molecule has 0 N–H and O–H groups in total. The van der Waals surface area contributed by atoms with Gasteiger partial charge in [-0.2, -0.15) is 13.2 Å². The first-order chi connectivity index (χ1) is 9.30. The summed E-state index contributed by atoms with van der Waals surface area (Å²) in [6, 6.07) is 0. The molecule has 1 aromatic rings. The van der Waals surface area contributed by atoms with Crippen LogP contribution in [0.2, 0.25) is 0 Å². The van der Waals surface area contributed by atoms with E-state index in [-0.39, 0.29) is 29.0 Å². The largest absolute Gasteiger partial charge is 0.451 e. The number of hydrogen-bond acceptors (Lipinski definition) is 4. The predicted octanol–water partition coefficient (Wildman–Crippen LogP) is 2.20. The van der Waals surface area contributed by atoms with E-state index in [2.05, 4.69) is 37.5 Å². The average molecular weight is 353 g/mol. The molecule has 1 heterocycles. The van der Waals surface area contributed by atoms with Crippen LogP contribution in [0.1, 0.15) is 27.9 Å². The fraction of sp³-hybridized carbons (Fsp3) is 0.364. The van der Waals surface area contributed by atoms with Crippen LogP contribution in [-0.2, 0) is 11.3 Å². The lowest BCUT2D eigenvalue weighted by Gasteiger charge is -2.09. The molecule has 0 fully saturated rings. The first-order valence-electron chi connectivity index (χ1n) is 5.14. The smallest absolute Gasteiger partial charge is 0.422 e. The molecule has 0 bridgehead atoms. The third-order valence-electron chi connectivity index (χ3n) is 2.03. The van der Waals surface area contributed by atoms with Gasteiger partial charge in [0.2, 0.25) is 0 Å². The standard InChI is InChI=1S/C11H8BrF3N2O3/c1-2-3-4-17-8(7(5-18)16-10(17)12)9(19)20-6-11(13,14)15/h5H,4,6H2,1H3. The van der Waals surface area contributed by atoms with Gasteiger partial charge in [0.25, 0.3) is 0 Å². The highest BCUT2D eigenvalue weighted by molar-refractivity contribution is 9.10. The second-order valence-corrected chi connectivity index (χ2v) is 4.15. The average Bonchev–Trinajstić information content (AvgIpc) is 2.69. The quantitative estimate of drug-likeness (QED) is 0.473. The molecular weight excluding hydrogens is 345 g/mol. The van der Waals surface area contributed by atoms with Crippen molar-refractivity contribution in [2.45, 2.75) is 19.6 Å². The number of nitrogens with zero attached hydrogens (tertiary/aromatic N) is 2. The summed E-state index contributed by atoms with van der Waals surface area (Å²) in [6.45, 7) is -0.214. The molecule has 1 rings (SSSR count). The maximum absolute atomic E-state index is 12.0. The molecule has 0 unspecified atom stereocenters. The van der Waals surface area contributed by atoms with Crippen molar-refractivity contribution < 1.29 is 27.5 Å². The van der Waals surface area contributed by atoms with Crippen LogP contribution in [0, 0.1) is 11.8 Å². The van der Waals surface area contributed by atoms with E-state index in [1.807, 2.05) is 0 Å². The number of carbonyl (C=O) groups excluding carboxylic acids is 2. The summed E-state index contributed by atoms with van der Waals surface area (Å²) in [6.07, 6.45) is -4.40. The molecule has 5 nitrogen and oxygen atoms in total. The van der Waals surface area contributed by atoms with Gasteiger partial charge in [-0.3, -0.25) is 4.79 Å². The van der Waals surface area contributed by atoms with E-state index in [0.717, 1.165) is 4.57 Å². The molecule has 0 aromatic carbocycles. The number of alkyl halides is 3. The minimum absolute atomic E-state index is 0.0195. The summed E-state index contributed by atoms with van der Waals surface area (Å²) in [5, 5.41) is 0. The van der Waals surface area contributed by atoms with Crippen LogP contribution >= 0.6 is 15.9 Å². The van der Waals surface area contributed by atoms with Crippen LogP contribution in [0.4, 0.5) is 13.2 Å². The fourth-order valence-corrected chi connectivity index (χ4v) is 1.75. The van der Waals surface area contributed by atoms with Crippen molar-refractivity contribution >= 4 is 28.2 Å². The van der Waals surface area contributed by atoms with Crippen molar-refractivity contribution in [2.75, 3.05) is 6.61 Å². The van der Waals surface area contributed by atoms with Gasteiger partial charge < -0.3 is 9.30 Å². The predicted molar refractivity (Wildman–Crippen MR) is 65.1 cm³/mol. The molecule has 0 aliphatic carbocycles. The summed E-state index contributed by atoms with van der Waals surface area (Å²) in [4.78, 5) is 26.2. The van der Waals surface area contributed by atoms with Crippen LogP contribution < -0.4 is 0 Å². The second kappa shape index (κ2) is 6.56. The topological polar surface area (TPSA) is 61.2 Å². The lowest BCUT2D eigenvalue weighted by molar-refractivity contribution is -0.161. The highest BCUT2D eigenvalue weighted by atomic mass is 79.9. The summed E-state index contributed by atoms with van der Waals surface area (Å²) in [7, 11) is 0. The van der Waals surface area contributed by atoms with Gasteiger partial charge in [-0.15, -0.1) is 5.92 Å². The Labute approximate surface area is 120 Å². The monoisotopic (exact) mass is 352 g/mol. The Kier molecular flexibility index (Phi) is 5.33. The Hall–Kier alpha value is -1.82. The van der Waals surface area contributed by atoms with E-state index in [9.17, 15) is 22.8 Å². The second-order valence-electron chi connectivity index (χ2n) is 3.44. The Morgan fingerprint density at radius 3 is 2.70 bits per heavy atom. The minimum atomic E-state index is -4.65. The molecule has 0 amide bonds. The summed E-state index contributed by atoms with van der Waals surface area (Å²) in [5.74, 6) is 3.87. The van der Waals surface area contributed by atoms with Crippen molar-refractivity contribution in [3.63, 3.8) is 0 Å². The third kappa shape index (κ3) is 4.09. The van der Waals surface area contributed by atoms with Gasteiger partial charge in [0.1, 0.15) is 5.69 Å². The normalized spacial score (nSPS) is 10.7. The minimum Gasteiger partial charge on any atom is -0.451 e. The van der Waals surface area contributed by atoms with E-state index in [1.165, 1.54) is 0 Å². The molecule has 0 spiro atoms. The molecule has 0 aliphatic rings. The van der Waals surface area contributed by atoms with Crippen LogP contribution in [-0.4, -0.2) is 34.6 Å². The van der Waals surface area contributed by atoms with Gasteiger partial charge in [-0.05, 0) is 22.9 Å². The van der Waals surface area contributed by atoms with Crippen molar-refractivity contribution in [3.8, 4) is 11.8 Å². The van der Waals surface area contributed by atoms with Crippen molar-refractivity contribution in [1.82, 2.24) is 9.55 Å². The SMILES string of the molecule is CC#CCn1c(Br)nc(C=O)c1C(=O)OCC(F)(F)F. The molecule has 0 aliphatic heterocycles. The zero-order chi connectivity index (χ0) is 15.3. The number of hydrogen-bond donors (Lipinski definition) is 0. The van der Waals surface area contributed by atoms with Crippen LogP contribution in [0.3, 0.4) is 0 Å². The van der Waals surface area contributed by atoms with E-state index < -0.39 is 18.8 Å². The Bertz CT molecular complexity index is 584. The molecule has 20 heavy (non-hydrogen) atoms. The lowest BCUT2D eigenvalue weighted by atomic mass is 10.3. The fourth-order valence-electron chi connectivity index (χ4n) is 1.26. The zero-order valence-electron chi connectivity index (χ0n) is 10.1. The van der Waals surface area contributed by atoms with Gasteiger partial charge in [0, 0.05) is 0 Å². The number of carbonyl (C=O) groups is 2. The van der Waals surface area contributed by atoms with Crippen molar-refractivity contribution in [2.24, 2.45) is 0 Å². The molecule has 0 saturated heterocycles. The molecule has 9 heteroatoms. The van der Waals surface area contributed by atoms with Crippen LogP contribution in [0.5, 0.6) is 0 Å². The van der Waals surface area contributed by atoms with Gasteiger partial charge in [0.15, 0.2) is 23.3 Å². The highest BCUT2D eigenvalue weighted by Gasteiger charge is 2.31. The summed E-state index contributed by atoms with van der Waals surface area (Å²) in [5.41, 5.74) is -0.694. The highest BCUT2D eigenvalue weighted by Crippen LogP contribution is 2.19. The molecule has 108 valence electrons. The molecule has 0 saturated carbocycles. The molecule has 0 radical (unpaired) electrons. The summed E-state index contributed by atoms with van der Waals surface area (Å²) < 4.78 is 41.4. The van der Waals surface area contributed by atoms with Gasteiger partial charge in [-0.1, -0.05) is 5.92 Å². The molecule has 1 aromatic heterocycles. The number of rotatable bonds is 4. The molecular formula is C11H8BrF3N2O3. The van der Waals surface area contributed by atoms with Gasteiger partial charge in [-0.25, -0.2) is 9.78 Å². The molecule has 0 atom stereocenters. The van der Waals surface area contributed by atoms with Crippen LogP contribution in [0.25, 0.3) is 0 Å². The number of esters is 1. The summed E-state index contributed by atoms with van der Waals surface area (Å²) >= 11 is 2.99. The van der Waals surface area contributed by atoms with E-state index in [0.29, 0.717) is 0 Å². The number of halogens is 4. The zero-order valence-corrected chi connectivity index (χ0v) is 11.7.